The highest BCUT2D eigenvalue weighted by Crippen LogP contribution is 2.05. The maximum Gasteiger partial charge on any atom is 0.242 e. The van der Waals surface area contributed by atoms with Crippen LogP contribution in [0.2, 0.25) is 0 Å². The standard InChI is InChI=1S/C12H21N3O2/c1-9(2)13-5-10(3)6-15-8-11(16)14(4)7-12(15)17/h9,13H,3,5-8H2,1-2,4H3. The van der Waals surface area contributed by atoms with Crippen LogP contribution in [0.5, 0.6) is 0 Å². The number of nitrogens with zero attached hydrogens (tertiary/aromatic N) is 2. The van der Waals surface area contributed by atoms with E-state index in [4.69, 9.17) is 0 Å². The number of likely N-dealkylation sites (N-methyl/N-ethyl adjacent to an activating group) is 1. The SMILES string of the molecule is C=C(CNC(C)C)CN1CC(=O)N(C)CC1=O. The van der Waals surface area contributed by atoms with Crippen LogP contribution in [0, 0.1) is 0 Å². The first-order chi connectivity index (χ1) is 7.90. The van der Waals surface area contributed by atoms with Crippen LogP contribution in [-0.4, -0.2) is 60.9 Å². The molecule has 0 atom stereocenters. The van der Waals surface area contributed by atoms with Crippen LogP contribution in [0.1, 0.15) is 13.8 Å². The van der Waals surface area contributed by atoms with Gasteiger partial charge in [-0.3, -0.25) is 9.59 Å². The number of piperazine rings is 1. The molecule has 0 spiro atoms. The highest BCUT2D eigenvalue weighted by Gasteiger charge is 2.27. The van der Waals surface area contributed by atoms with E-state index in [0.29, 0.717) is 19.1 Å². The van der Waals surface area contributed by atoms with Gasteiger partial charge in [-0.15, -0.1) is 0 Å². The normalized spacial score (nSPS) is 16.9. The lowest BCUT2D eigenvalue weighted by Crippen LogP contribution is -2.52. The Morgan fingerprint density at radius 1 is 1.35 bits per heavy atom. The summed E-state index contributed by atoms with van der Waals surface area (Å²) in [7, 11) is 1.65. The number of hydrogen-bond donors (Lipinski definition) is 1. The molecule has 5 nitrogen and oxygen atoms in total. The van der Waals surface area contributed by atoms with E-state index in [-0.39, 0.29) is 24.9 Å². The van der Waals surface area contributed by atoms with Gasteiger partial charge >= 0.3 is 0 Å². The van der Waals surface area contributed by atoms with Gasteiger partial charge in [-0.1, -0.05) is 20.4 Å². The molecule has 1 aliphatic rings. The van der Waals surface area contributed by atoms with Gasteiger partial charge in [-0.25, -0.2) is 0 Å². The Balaban J connectivity index is 2.43. The average molecular weight is 239 g/mol. The lowest BCUT2D eigenvalue weighted by atomic mass is 10.2. The first-order valence-electron chi connectivity index (χ1n) is 5.82. The first-order valence-corrected chi connectivity index (χ1v) is 5.82. The van der Waals surface area contributed by atoms with Crippen molar-refractivity contribution in [2.75, 3.05) is 33.2 Å². The number of nitrogens with one attached hydrogen (secondary N) is 1. The summed E-state index contributed by atoms with van der Waals surface area (Å²) >= 11 is 0. The molecule has 1 rings (SSSR count). The van der Waals surface area contributed by atoms with Gasteiger partial charge in [0.15, 0.2) is 0 Å². The Morgan fingerprint density at radius 2 is 2.00 bits per heavy atom. The van der Waals surface area contributed by atoms with Gasteiger partial charge in [-0.2, -0.15) is 0 Å². The second-order valence-electron chi connectivity index (χ2n) is 4.79. The average Bonchev–Trinajstić information content (AvgIpc) is 2.23. The van der Waals surface area contributed by atoms with Crippen molar-refractivity contribution >= 4 is 11.8 Å². The van der Waals surface area contributed by atoms with Crippen molar-refractivity contribution in [1.29, 1.82) is 0 Å². The monoisotopic (exact) mass is 239 g/mol. The fourth-order valence-corrected chi connectivity index (χ4v) is 1.58. The van der Waals surface area contributed by atoms with Gasteiger partial charge in [0.1, 0.15) is 6.54 Å². The van der Waals surface area contributed by atoms with E-state index in [0.717, 1.165) is 5.57 Å². The Hall–Kier alpha value is -1.36. The highest BCUT2D eigenvalue weighted by atomic mass is 16.2. The van der Waals surface area contributed by atoms with E-state index in [9.17, 15) is 9.59 Å². The summed E-state index contributed by atoms with van der Waals surface area (Å²) in [6.07, 6.45) is 0. The van der Waals surface area contributed by atoms with Crippen LogP contribution in [0.4, 0.5) is 0 Å². The Kier molecular flexibility index (Phi) is 4.69. The number of carbonyl (C=O) groups excluding carboxylic acids is 2. The zero-order chi connectivity index (χ0) is 13.0. The lowest BCUT2D eigenvalue weighted by Gasteiger charge is -2.32. The van der Waals surface area contributed by atoms with Crippen LogP contribution >= 0.6 is 0 Å². The van der Waals surface area contributed by atoms with E-state index < -0.39 is 0 Å². The molecule has 0 saturated carbocycles. The predicted octanol–water partition coefficient (Wildman–Crippen LogP) is -0.159. The number of hydrogen-bond acceptors (Lipinski definition) is 3. The molecule has 0 aromatic carbocycles. The third kappa shape index (κ3) is 4.19. The molecule has 0 aliphatic carbocycles. The molecule has 1 heterocycles. The fourth-order valence-electron chi connectivity index (χ4n) is 1.58. The maximum atomic E-state index is 11.7. The van der Waals surface area contributed by atoms with Crippen molar-refractivity contribution in [2.24, 2.45) is 0 Å². The summed E-state index contributed by atoms with van der Waals surface area (Å²) in [5.74, 6) is -0.0352. The van der Waals surface area contributed by atoms with E-state index >= 15 is 0 Å². The fraction of sp³-hybridized carbons (Fsp3) is 0.667. The van der Waals surface area contributed by atoms with Crippen molar-refractivity contribution < 1.29 is 9.59 Å². The number of amides is 2. The van der Waals surface area contributed by atoms with Gasteiger partial charge in [-0.05, 0) is 5.57 Å². The molecule has 0 aromatic rings. The van der Waals surface area contributed by atoms with Crippen LogP contribution in [0.15, 0.2) is 12.2 Å². The van der Waals surface area contributed by atoms with Crippen LogP contribution in [0.25, 0.3) is 0 Å². The molecule has 96 valence electrons. The molecule has 0 bridgehead atoms. The predicted molar refractivity (Wildman–Crippen MR) is 66.5 cm³/mol. The zero-order valence-corrected chi connectivity index (χ0v) is 10.8. The van der Waals surface area contributed by atoms with Crippen molar-refractivity contribution in [1.82, 2.24) is 15.1 Å². The molecule has 1 saturated heterocycles. The van der Waals surface area contributed by atoms with Gasteiger partial charge in [0.25, 0.3) is 0 Å². The van der Waals surface area contributed by atoms with Gasteiger partial charge in [0.2, 0.25) is 11.8 Å². The van der Waals surface area contributed by atoms with Gasteiger partial charge in [0, 0.05) is 26.2 Å². The molecule has 0 unspecified atom stereocenters. The molecule has 2 amide bonds. The van der Waals surface area contributed by atoms with Crippen molar-refractivity contribution in [3.63, 3.8) is 0 Å². The Morgan fingerprint density at radius 3 is 2.59 bits per heavy atom. The molecular weight excluding hydrogens is 218 g/mol. The van der Waals surface area contributed by atoms with Crippen LogP contribution < -0.4 is 5.32 Å². The second-order valence-corrected chi connectivity index (χ2v) is 4.79. The Labute approximate surface area is 102 Å². The number of carbonyl (C=O) groups is 2. The summed E-state index contributed by atoms with van der Waals surface area (Å²) in [6, 6.07) is 0.386. The molecule has 17 heavy (non-hydrogen) atoms. The minimum Gasteiger partial charge on any atom is -0.335 e. The topological polar surface area (TPSA) is 52.7 Å². The quantitative estimate of drug-likeness (QED) is 0.678. The van der Waals surface area contributed by atoms with Gasteiger partial charge in [0.05, 0.1) is 6.54 Å². The molecule has 1 fully saturated rings. The molecule has 1 aliphatic heterocycles. The minimum atomic E-state index is -0.0192. The third-order valence-corrected chi connectivity index (χ3v) is 2.65. The lowest BCUT2D eigenvalue weighted by molar-refractivity contribution is -0.148. The molecule has 5 heteroatoms. The third-order valence-electron chi connectivity index (χ3n) is 2.65. The summed E-state index contributed by atoms with van der Waals surface area (Å²) in [5, 5.41) is 3.24. The summed E-state index contributed by atoms with van der Waals surface area (Å²) in [6.45, 7) is 9.49. The maximum absolute atomic E-state index is 11.7. The minimum absolute atomic E-state index is 0.0159. The zero-order valence-electron chi connectivity index (χ0n) is 10.8. The number of rotatable bonds is 5. The molecule has 0 radical (unpaired) electrons. The highest BCUT2D eigenvalue weighted by molar-refractivity contribution is 5.92. The van der Waals surface area contributed by atoms with Crippen LogP contribution in [0.3, 0.4) is 0 Å². The molecule has 1 N–H and O–H groups in total. The smallest absolute Gasteiger partial charge is 0.242 e. The van der Waals surface area contributed by atoms with Gasteiger partial charge < -0.3 is 15.1 Å². The first kappa shape index (κ1) is 13.7. The van der Waals surface area contributed by atoms with Crippen molar-refractivity contribution in [2.45, 2.75) is 19.9 Å². The van der Waals surface area contributed by atoms with Crippen LogP contribution in [-0.2, 0) is 9.59 Å². The van der Waals surface area contributed by atoms with E-state index in [1.807, 2.05) is 0 Å². The summed E-state index contributed by atoms with van der Waals surface area (Å²) in [4.78, 5) is 26.2. The summed E-state index contributed by atoms with van der Waals surface area (Å²) in [5.41, 5.74) is 0.921. The Bertz CT molecular complexity index is 326. The largest absolute Gasteiger partial charge is 0.335 e. The molecule has 0 aromatic heterocycles. The van der Waals surface area contributed by atoms with Crippen molar-refractivity contribution in [3.05, 3.63) is 12.2 Å². The van der Waals surface area contributed by atoms with E-state index in [1.165, 1.54) is 4.90 Å². The van der Waals surface area contributed by atoms with Crippen molar-refractivity contribution in [3.8, 4) is 0 Å². The van der Waals surface area contributed by atoms with E-state index in [1.54, 1.807) is 11.9 Å². The summed E-state index contributed by atoms with van der Waals surface area (Å²) < 4.78 is 0. The van der Waals surface area contributed by atoms with E-state index in [2.05, 4.69) is 25.7 Å². The molecular formula is C12H21N3O2. The second kappa shape index (κ2) is 5.82.